The molecule has 0 atom stereocenters. The maximum Gasteiger partial charge on any atom is 0.165 e. The Morgan fingerprint density at radius 1 is 1.10 bits per heavy atom. The molecule has 0 aliphatic rings. The Bertz CT molecular complexity index is 587. The fourth-order valence-electron chi connectivity index (χ4n) is 2.08. The Labute approximate surface area is 124 Å². The molecule has 4 heteroatoms. The second-order valence-corrected chi connectivity index (χ2v) is 4.80. The van der Waals surface area contributed by atoms with Crippen molar-refractivity contribution in [1.29, 1.82) is 0 Å². The summed E-state index contributed by atoms with van der Waals surface area (Å²) in [6.07, 6.45) is 0. The van der Waals surface area contributed by atoms with E-state index in [1.54, 1.807) is 6.07 Å². The third-order valence-electron chi connectivity index (χ3n) is 3.24. The van der Waals surface area contributed by atoms with Gasteiger partial charge in [-0.05, 0) is 35.7 Å². The molecule has 2 aromatic carbocycles. The Hall–Kier alpha value is -1.91. The first kappa shape index (κ1) is 15.5. The zero-order valence-electron chi connectivity index (χ0n) is 12.1. The normalized spacial score (nSPS) is 10.8. The fraction of sp³-hybridized carbons (Fsp3) is 0.294. The molecular formula is C17H20FNO2. The third kappa shape index (κ3) is 4.55. The molecule has 3 nitrogen and oxygen atoms in total. The van der Waals surface area contributed by atoms with Gasteiger partial charge in [-0.25, -0.2) is 4.39 Å². The zero-order valence-corrected chi connectivity index (χ0v) is 12.1. The van der Waals surface area contributed by atoms with Gasteiger partial charge < -0.3 is 15.2 Å². The summed E-state index contributed by atoms with van der Waals surface area (Å²) in [5, 5.41) is 12.4. The molecule has 0 saturated carbocycles. The van der Waals surface area contributed by atoms with Crippen molar-refractivity contribution in [1.82, 2.24) is 5.32 Å². The molecular weight excluding hydrogens is 269 g/mol. The molecule has 21 heavy (non-hydrogen) atoms. The van der Waals surface area contributed by atoms with Gasteiger partial charge in [0.1, 0.15) is 0 Å². The van der Waals surface area contributed by atoms with Crippen LogP contribution >= 0.6 is 0 Å². The van der Waals surface area contributed by atoms with Crippen LogP contribution in [-0.4, -0.2) is 11.7 Å². The highest BCUT2D eigenvalue weighted by Gasteiger charge is 2.03. The number of phenolic OH excluding ortho intramolecular Hbond substituents is 1. The predicted molar refractivity (Wildman–Crippen MR) is 80.4 cm³/mol. The second-order valence-electron chi connectivity index (χ2n) is 4.80. The van der Waals surface area contributed by atoms with Crippen molar-refractivity contribution in [2.75, 3.05) is 6.61 Å². The molecule has 0 aromatic heterocycles. The smallest absolute Gasteiger partial charge is 0.165 e. The van der Waals surface area contributed by atoms with Gasteiger partial charge >= 0.3 is 0 Å². The van der Waals surface area contributed by atoms with Crippen molar-refractivity contribution < 1.29 is 14.2 Å². The van der Waals surface area contributed by atoms with Gasteiger partial charge in [0.2, 0.25) is 0 Å². The molecule has 0 unspecified atom stereocenters. The minimum absolute atomic E-state index is 0.319. The molecule has 0 fully saturated rings. The molecule has 112 valence electrons. The van der Waals surface area contributed by atoms with E-state index in [0.717, 1.165) is 11.1 Å². The third-order valence-corrected chi connectivity index (χ3v) is 3.24. The molecule has 0 radical (unpaired) electrons. The van der Waals surface area contributed by atoms with Gasteiger partial charge in [-0.2, -0.15) is 0 Å². The van der Waals surface area contributed by atoms with Crippen LogP contribution in [0.15, 0.2) is 42.5 Å². The minimum atomic E-state index is -0.592. The van der Waals surface area contributed by atoms with Crippen LogP contribution in [0.25, 0.3) is 0 Å². The molecule has 0 aliphatic carbocycles. The molecule has 0 spiro atoms. The largest absolute Gasteiger partial charge is 0.505 e. The number of ether oxygens (including phenoxy) is 1. The van der Waals surface area contributed by atoms with Gasteiger partial charge in [0, 0.05) is 19.7 Å². The van der Waals surface area contributed by atoms with Gasteiger partial charge in [0.15, 0.2) is 11.6 Å². The number of nitrogens with one attached hydrogen (secondary N) is 1. The highest BCUT2D eigenvalue weighted by atomic mass is 19.1. The Morgan fingerprint density at radius 3 is 2.57 bits per heavy atom. The van der Waals surface area contributed by atoms with Crippen LogP contribution in [0.2, 0.25) is 0 Å². The number of aromatic hydroxyl groups is 1. The first-order valence-corrected chi connectivity index (χ1v) is 7.03. The lowest BCUT2D eigenvalue weighted by molar-refractivity contribution is 0.133. The van der Waals surface area contributed by atoms with Crippen LogP contribution in [0.4, 0.5) is 4.39 Å². The summed E-state index contributed by atoms with van der Waals surface area (Å²) in [6, 6.07) is 12.5. The monoisotopic (exact) mass is 289 g/mol. The summed E-state index contributed by atoms with van der Waals surface area (Å²) in [7, 11) is 0. The zero-order chi connectivity index (χ0) is 15.1. The van der Waals surface area contributed by atoms with Gasteiger partial charge in [-0.1, -0.05) is 30.3 Å². The van der Waals surface area contributed by atoms with Crippen molar-refractivity contribution in [2.45, 2.75) is 26.6 Å². The molecule has 0 saturated heterocycles. The highest BCUT2D eigenvalue weighted by molar-refractivity contribution is 5.29. The lowest BCUT2D eigenvalue weighted by atomic mass is 10.1. The van der Waals surface area contributed by atoms with E-state index < -0.39 is 5.82 Å². The number of halogens is 1. The van der Waals surface area contributed by atoms with Crippen molar-refractivity contribution in [3.8, 4) is 5.75 Å². The molecule has 0 aliphatic heterocycles. The lowest BCUT2D eigenvalue weighted by Gasteiger charge is -2.11. The predicted octanol–water partition coefficient (Wildman–Crippen LogP) is 3.36. The summed E-state index contributed by atoms with van der Waals surface area (Å²) in [6.45, 7) is 4.49. The van der Waals surface area contributed by atoms with Crippen molar-refractivity contribution >= 4 is 0 Å². The standard InChI is InChI=1S/C17H20FNO2/c1-2-21-12-15-6-4-3-5-14(15)11-19-10-13-7-8-17(20)16(18)9-13/h3-9,19-20H,2,10-12H2,1H3. The van der Waals surface area contributed by atoms with E-state index in [-0.39, 0.29) is 5.75 Å². The topological polar surface area (TPSA) is 41.5 Å². The first-order chi connectivity index (χ1) is 10.2. The van der Waals surface area contributed by atoms with Gasteiger partial charge in [0.25, 0.3) is 0 Å². The summed E-state index contributed by atoms with van der Waals surface area (Å²) in [4.78, 5) is 0. The number of rotatable bonds is 7. The first-order valence-electron chi connectivity index (χ1n) is 7.03. The van der Waals surface area contributed by atoms with E-state index in [0.29, 0.717) is 26.3 Å². The van der Waals surface area contributed by atoms with Gasteiger partial charge in [-0.15, -0.1) is 0 Å². The second kappa shape index (κ2) is 7.76. The van der Waals surface area contributed by atoms with Gasteiger partial charge in [0.05, 0.1) is 6.61 Å². The number of hydrogen-bond donors (Lipinski definition) is 2. The summed E-state index contributed by atoms with van der Waals surface area (Å²) in [5.41, 5.74) is 3.13. The molecule has 0 heterocycles. The van der Waals surface area contributed by atoms with Crippen LogP contribution in [-0.2, 0) is 24.4 Å². The van der Waals surface area contributed by atoms with Crippen molar-refractivity contribution in [3.63, 3.8) is 0 Å². The van der Waals surface area contributed by atoms with Crippen LogP contribution in [0.5, 0.6) is 5.75 Å². The van der Waals surface area contributed by atoms with Crippen LogP contribution < -0.4 is 5.32 Å². The summed E-state index contributed by atoms with van der Waals surface area (Å²) >= 11 is 0. The number of hydrogen-bond acceptors (Lipinski definition) is 3. The molecule has 2 rings (SSSR count). The summed E-state index contributed by atoms with van der Waals surface area (Å²) < 4.78 is 18.7. The van der Waals surface area contributed by atoms with E-state index in [4.69, 9.17) is 9.84 Å². The molecule has 2 N–H and O–H groups in total. The van der Waals surface area contributed by atoms with Gasteiger partial charge in [-0.3, -0.25) is 0 Å². The number of phenols is 1. The fourth-order valence-corrected chi connectivity index (χ4v) is 2.08. The van der Waals surface area contributed by atoms with Crippen LogP contribution in [0, 0.1) is 5.82 Å². The SMILES string of the molecule is CCOCc1ccccc1CNCc1ccc(O)c(F)c1. The van der Waals surface area contributed by atoms with Crippen molar-refractivity contribution in [3.05, 3.63) is 65.0 Å². The molecule has 0 amide bonds. The Kier molecular flexibility index (Phi) is 5.72. The maximum atomic E-state index is 13.2. The number of benzene rings is 2. The van der Waals surface area contributed by atoms with E-state index in [1.807, 2.05) is 25.1 Å². The average molecular weight is 289 g/mol. The highest BCUT2D eigenvalue weighted by Crippen LogP contribution is 2.16. The van der Waals surface area contributed by atoms with Crippen molar-refractivity contribution in [2.24, 2.45) is 0 Å². The summed E-state index contributed by atoms with van der Waals surface area (Å²) in [5.74, 6) is -0.910. The quantitative estimate of drug-likeness (QED) is 0.821. The van der Waals surface area contributed by atoms with Crippen LogP contribution in [0.3, 0.4) is 0 Å². The van der Waals surface area contributed by atoms with E-state index in [2.05, 4.69) is 11.4 Å². The van der Waals surface area contributed by atoms with E-state index >= 15 is 0 Å². The van der Waals surface area contributed by atoms with E-state index in [1.165, 1.54) is 17.7 Å². The average Bonchev–Trinajstić information content (AvgIpc) is 2.50. The minimum Gasteiger partial charge on any atom is -0.505 e. The Balaban J connectivity index is 1.92. The Morgan fingerprint density at radius 2 is 1.86 bits per heavy atom. The molecule has 2 aromatic rings. The maximum absolute atomic E-state index is 13.2. The van der Waals surface area contributed by atoms with E-state index in [9.17, 15) is 4.39 Å². The lowest BCUT2D eigenvalue weighted by Crippen LogP contribution is -2.14. The molecule has 0 bridgehead atoms. The van der Waals surface area contributed by atoms with Crippen LogP contribution in [0.1, 0.15) is 23.6 Å².